The zero-order valence-corrected chi connectivity index (χ0v) is 10.1. The van der Waals surface area contributed by atoms with E-state index >= 15 is 0 Å². The van der Waals surface area contributed by atoms with E-state index in [-0.39, 0.29) is 5.91 Å². The Balaban J connectivity index is 0.000000357. The molecule has 18 heavy (non-hydrogen) atoms. The number of hydrogen-bond acceptors (Lipinski definition) is 2. The molecular formula is C13H17NO4. The molecule has 0 unspecified atom stereocenters. The van der Waals surface area contributed by atoms with Gasteiger partial charge in [-0.3, -0.25) is 4.79 Å². The van der Waals surface area contributed by atoms with Gasteiger partial charge in [0.25, 0.3) is 5.91 Å². The Bertz CT molecular complexity index is 381. The molecule has 1 fully saturated rings. The summed E-state index contributed by atoms with van der Waals surface area (Å²) in [6.07, 6.45) is 1.73. The fourth-order valence-electron chi connectivity index (χ4n) is 1.86. The van der Waals surface area contributed by atoms with Crippen LogP contribution in [0.4, 0.5) is 4.79 Å². The first-order valence-corrected chi connectivity index (χ1v) is 5.87. The van der Waals surface area contributed by atoms with E-state index in [1.165, 1.54) is 6.42 Å². The minimum absolute atomic E-state index is 0.185. The second kappa shape index (κ2) is 7.32. The fourth-order valence-corrected chi connectivity index (χ4v) is 1.86. The molecule has 0 aliphatic carbocycles. The Hall–Kier alpha value is -2.04. The van der Waals surface area contributed by atoms with E-state index in [1.54, 1.807) is 0 Å². The molecule has 0 atom stereocenters. The van der Waals surface area contributed by atoms with Gasteiger partial charge in [-0.05, 0) is 31.4 Å². The van der Waals surface area contributed by atoms with Crippen molar-refractivity contribution < 1.29 is 19.8 Å². The van der Waals surface area contributed by atoms with Crippen molar-refractivity contribution in [3.63, 3.8) is 0 Å². The molecule has 5 heteroatoms. The lowest BCUT2D eigenvalue weighted by Gasteiger charge is -2.26. The van der Waals surface area contributed by atoms with E-state index < -0.39 is 6.16 Å². The van der Waals surface area contributed by atoms with E-state index in [9.17, 15) is 4.79 Å². The van der Waals surface area contributed by atoms with Crippen LogP contribution in [-0.4, -0.2) is 40.3 Å². The molecule has 0 radical (unpaired) electrons. The van der Waals surface area contributed by atoms with Gasteiger partial charge in [-0.1, -0.05) is 18.2 Å². The molecular weight excluding hydrogens is 234 g/mol. The number of likely N-dealkylation sites (tertiary alicyclic amines) is 1. The van der Waals surface area contributed by atoms with Gasteiger partial charge in [0.15, 0.2) is 0 Å². The zero-order chi connectivity index (χ0) is 13.4. The summed E-state index contributed by atoms with van der Waals surface area (Å²) < 4.78 is 0. The van der Waals surface area contributed by atoms with E-state index in [2.05, 4.69) is 0 Å². The van der Waals surface area contributed by atoms with Crippen LogP contribution in [0.2, 0.25) is 0 Å². The summed E-state index contributed by atoms with van der Waals surface area (Å²) in [4.78, 5) is 22.4. The Kier molecular flexibility index (Phi) is 5.70. The number of carbonyl (C=O) groups excluding carboxylic acids is 1. The second-order valence-corrected chi connectivity index (χ2v) is 4.00. The Morgan fingerprint density at radius 3 is 1.94 bits per heavy atom. The number of hydrogen-bond donors (Lipinski definition) is 2. The highest BCUT2D eigenvalue weighted by molar-refractivity contribution is 5.94. The molecule has 0 saturated carbocycles. The van der Waals surface area contributed by atoms with Crippen LogP contribution in [0.1, 0.15) is 29.6 Å². The third-order valence-corrected chi connectivity index (χ3v) is 2.66. The number of carboxylic acid groups (broad SMARTS) is 2. The van der Waals surface area contributed by atoms with Gasteiger partial charge in [-0.15, -0.1) is 0 Å². The summed E-state index contributed by atoms with van der Waals surface area (Å²) in [5.41, 5.74) is 0.814. The summed E-state index contributed by atoms with van der Waals surface area (Å²) in [6, 6.07) is 9.54. The Morgan fingerprint density at radius 1 is 0.944 bits per heavy atom. The van der Waals surface area contributed by atoms with Gasteiger partial charge in [-0.2, -0.15) is 0 Å². The first-order chi connectivity index (χ1) is 8.61. The van der Waals surface area contributed by atoms with Crippen LogP contribution in [0, 0.1) is 0 Å². The summed E-state index contributed by atoms with van der Waals surface area (Å²) in [7, 11) is 0. The topological polar surface area (TPSA) is 77.8 Å². The SMILES string of the molecule is O=C(O)O.O=C(c1ccccc1)N1CCCCC1. The molecule has 98 valence electrons. The maximum atomic E-state index is 11.9. The van der Waals surface area contributed by atoms with Crippen molar-refractivity contribution in [2.24, 2.45) is 0 Å². The van der Waals surface area contributed by atoms with Crippen LogP contribution in [0.15, 0.2) is 30.3 Å². The lowest BCUT2D eigenvalue weighted by Crippen LogP contribution is -2.35. The molecule has 5 nitrogen and oxygen atoms in total. The molecule has 1 saturated heterocycles. The Morgan fingerprint density at radius 2 is 1.44 bits per heavy atom. The van der Waals surface area contributed by atoms with Gasteiger partial charge in [0.05, 0.1) is 0 Å². The van der Waals surface area contributed by atoms with E-state index in [0.717, 1.165) is 31.5 Å². The van der Waals surface area contributed by atoms with Crippen molar-refractivity contribution in [1.29, 1.82) is 0 Å². The van der Waals surface area contributed by atoms with Crippen molar-refractivity contribution >= 4 is 12.1 Å². The van der Waals surface area contributed by atoms with Crippen LogP contribution in [0.3, 0.4) is 0 Å². The standard InChI is InChI=1S/C12H15NO.CH2O3/c14-12(11-7-3-1-4-8-11)13-9-5-2-6-10-13;2-1(3)4/h1,3-4,7-8H,2,5-6,9-10H2;(H2,2,3,4). The normalized spacial score (nSPS) is 14.3. The third kappa shape index (κ3) is 4.86. The fraction of sp³-hybridized carbons (Fsp3) is 0.385. The smallest absolute Gasteiger partial charge is 0.450 e. The quantitative estimate of drug-likeness (QED) is 0.804. The average Bonchev–Trinajstić information content (AvgIpc) is 2.39. The summed E-state index contributed by atoms with van der Waals surface area (Å²) in [6.45, 7) is 1.85. The molecule has 0 aromatic heterocycles. The summed E-state index contributed by atoms with van der Waals surface area (Å²) >= 11 is 0. The minimum Gasteiger partial charge on any atom is -0.450 e. The molecule has 1 heterocycles. The van der Waals surface area contributed by atoms with Gasteiger partial charge >= 0.3 is 6.16 Å². The number of benzene rings is 1. The number of rotatable bonds is 1. The van der Waals surface area contributed by atoms with Crippen molar-refractivity contribution in [1.82, 2.24) is 4.90 Å². The molecule has 2 N–H and O–H groups in total. The molecule has 1 aliphatic rings. The predicted octanol–water partition coefficient (Wildman–Crippen LogP) is 2.54. The van der Waals surface area contributed by atoms with E-state index in [4.69, 9.17) is 15.0 Å². The highest BCUT2D eigenvalue weighted by atomic mass is 16.6. The van der Waals surface area contributed by atoms with Crippen molar-refractivity contribution in [2.45, 2.75) is 19.3 Å². The highest BCUT2D eigenvalue weighted by Crippen LogP contribution is 2.12. The monoisotopic (exact) mass is 251 g/mol. The average molecular weight is 251 g/mol. The number of amides is 1. The van der Waals surface area contributed by atoms with Crippen LogP contribution >= 0.6 is 0 Å². The number of carbonyl (C=O) groups is 2. The number of nitrogens with zero attached hydrogens (tertiary/aromatic N) is 1. The molecule has 1 aromatic carbocycles. The van der Waals surface area contributed by atoms with Gasteiger partial charge in [0.2, 0.25) is 0 Å². The highest BCUT2D eigenvalue weighted by Gasteiger charge is 2.17. The predicted molar refractivity (Wildman–Crippen MR) is 66.9 cm³/mol. The van der Waals surface area contributed by atoms with Crippen molar-refractivity contribution in [2.75, 3.05) is 13.1 Å². The Labute approximate surface area is 106 Å². The molecule has 1 amide bonds. The van der Waals surface area contributed by atoms with Crippen molar-refractivity contribution in [3.8, 4) is 0 Å². The lowest BCUT2D eigenvalue weighted by atomic mass is 10.1. The van der Waals surface area contributed by atoms with Gasteiger partial charge in [0.1, 0.15) is 0 Å². The molecule has 2 rings (SSSR count). The van der Waals surface area contributed by atoms with Crippen LogP contribution < -0.4 is 0 Å². The van der Waals surface area contributed by atoms with E-state index in [0.29, 0.717) is 0 Å². The first-order valence-electron chi connectivity index (χ1n) is 5.87. The van der Waals surface area contributed by atoms with Crippen molar-refractivity contribution in [3.05, 3.63) is 35.9 Å². The van der Waals surface area contributed by atoms with Gasteiger partial charge < -0.3 is 15.1 Å². The number of piperidine rings is 1. The third-order valence-electron chi connectivity index (χ3n) is 2.66. The maximum absolute atomic E-state index is 11.9. The molecule has 0 bridgehead atoms. The van der Waals surface area contributed by atoms with Gasteiger partial charge in [0, 0.05) is 18.7 Å². The van der Waals surface area contributed by atoms with Crippen LogP contribution in [0.5, 0.6) is 0 Å². The summed E-state index contributed by atoms with van der Waals surface area (Å²) in [5, 5.41) is 13.9. The summed E-state index contributed by atoms with van der Waals surface area (Å²) in [5.74, 6) is 0.185. The first kappa shape index (κ1) is 14.0. The second-order valence-electron chi connectivity index (χ2n) is 4.00. The largest absolute Gasteiger partial charge is 0.503 e. The van der Waals surface area contributed by atoms with Crippen LogP contribution in [-0.2, 0) is 0 Å². The van der Waals surface area contributed by atoms with Crippen LogP contribution in [0.25, 0.3) is 0 Å². The molecule has 0 spiro atoms. The minimum atomic E-state index is -1.83. The van der Waals surface area contributed by atoms with Gasteiger partial charge in [-0.25, -0.2) is 4.79 Å². The molecule has 1 aromatic rings. The lowest BCUT2D eigenvalue weighted by molar-refractivity contribution is 0.0724. The molecule has 1 aliphatic heterocycles. The zero-order valence-electron chi connectivity index (χ0n) is 10.1. The maximum Gasteiger partial charge on any atom is 0.503 e. The van der Waals surface area contributed by atoms with E-state index in [1.807, 2.05) is 35.2 Å².